The summed E-state index contributed by atoms with van der Waals surface area (Å²) in [6.45, 7) is 11.1. The lowest BCUT2D eigenvalue weighted by Gasteiger charge is -2.25. The van der Waals surface area contributed by atoms with Gasteiger partial charge < -0.3 is 14.6 Å². The molecule has 2 aromatic carbocycles. The van der Waals surface area contributed by atoms with Crippen molar-refractivity contribution >= 4 is 5.97 Å². The van der Waals surface area contributed by atoms with Gasteiger partial charge in [0, 0.05) is 23.0 Å². The van der Waals surface area contributed by atoms with Crippen LogP contribution in [0.1, 0.15) is 74.3 Å². The van der Waals surface area contributed by atoms with Crippen LogP contribution in [-0.2, 0) is 15.1 Å². The molecule has 0 heterocycles. The molecule has 152 valence electrons. The van der Waals surface area contributed by atoms with Crippen LogP contribution in [0.5, 0.6) is 0 Å². The van der Waals surface area contributed by atoms with Crippen LogP contribution < -0.4 is 5.11 Å². The molecule has 1 saturated carbocycles. The Morgan fingerprint density at radius 3 is 2.21 bits per heavy atom. The quantitative estimate of drug-likeness (QED) is 0.717. The molecule has 0 bridgehead atoms. The van der Waals surface area contributed by atoms with E-state index in [1.54, 1.807) is 19.1 Å². The fraction of sp³-hybridized carbons (Fsp3) is 0.423. The summed E-state index contributed by atoms with van der Waals surface area (Å²) in [7, 11) is 0. The van der Waals surface area contributed by atoms with Crippen LogP contribution >= 0.6 is 0 Å². The van der Waals surface area contributed by atoms with Crippen LogP contribution in [0.3, 0.4) is 0 Å². The third kappa shape index (κ3) is 5.28. The van der Waals surface area contributed by atoms with Gasteiger partial charge in [-0.1, -0.05) is 57.7 Å². The first-order chi connectivity index (χ1) is 13.6. The van der Waals surface area contributed by atoms with Crippen LogP contribution in [0.4, 0.5) is 0 Å². The summed E-state index contributed by atoms with van der Waals surface area (Å²) in [4.78, 5) is 11.0. The summed E-state index contributed by atoms with van der Waals surface area (Å²) < 4.78 is 6.31. The van der Waals surface area contributed by atoms with E-state index in [0.29, 0.717) is 0 Å². The Bertz CT molecular complexity index is 948. The van der Waals surface area contributed by atoms with Crippen molar-refractivity contribution in [2.24, 2.45) is 5.41 Å². The molecule has 1 aliphatic carbocycles. The topological polar surface area (TPSA) is 49.4 Å². The second-order valence-electron chi connectivity index (χ2n) is 9.29. The van der Waals surface area contributed by atoms with Gasteiger partial charge in [-0.05, 0) is 66.1 Å². The number of hydrogen-bond donors (Lipinski definition) is 0. The highest BCUT2D eigenvalue weighted by Crippen LogP contribution is 2.51. The van der Waals surface area contributed by atoms with Crippen LogP contribution in [-0.4, -0.2) is 12.6 Å². The Hall–Kier alpha value is -2.57. The van der Waals surface area contributed by atoms with Crippen molar-refractivity contribution in [3.63, 3.8) is 0 Å². The molecular formula is C26H29O3-. The SMILES string of the molecule is Cc1cc(C#Cc2ccc(C(C)C(=O)[O-])cc2)ccc1C1(OCC(C)(C)C)CC1. The minimum Gasteiger partial charge on any atom is -0.550 e. The van der Waals surface area contributed by atoms with Crippen LogP contribution in [0.25, 0.3) is 0 Å². The minimum atomic E-state index is -1.07. The van der Waals surface area contributed by atoms with E-state index in [-0.39, 0.29) is 11.0 Å². The van der Waals surface area contributed by atoms with E-state index in [9.17, 15) is 9.90 Å². The Labute approximate surface area is 174 Å². The van der Waals surface area contributed by atoms with Crippen molar-refractivity contribution in [1.29, 1.82) is 0 Å². The first-order valence-electron chi connectivity index (χ1n) is 10.2. The molecule has 1 atom stereocenters. The number of hydrogen-bond acceptors (Lipinski definition) is 3. The third-order valence-electron chi connectivity index (χ3n) is 5.32. The molecule has 2 aromatic rings. The number of ether oxygens (including phenoxy) is 1. The number of aliphatic carboxylic acids is 1. The number of carbonyl (C=O) groups excluding carboxylic acids is 1. The van der Waals surface area contributed by atoms with Gasteiger partial charge in [-0.25, -0.2) is 0 Å². The zero-order valence-corrected chi connectivity index (χ0v) is 18.0. The number of carboxylic acids is 1. The van der Waals surface area contributed by atoms with Gasteiger partial charge in [-0.3, -0.25) is 0 Å². The van der Waals surface area contributed by atoms with Crippen molar-refractivity contribution in [1.82, 2.24) is 0 Å². The number of benzene rings is 2. The molecule has 0 N–H and O–H groups in total. The summed E-state index contributed by atoms with van der Waals surface area (Å²) in [5.74, 6) is 4.67. The van der Waals surface area contributed by atoms with E-state index >= 15 is 0 Å². The van der Waals surface area contributed by atoms with Gasteiger partial charge in [0.05, 0.1) is 12.2 Å². The van der Waals surface area contributed by atoms with E-state index in [2.05, 4.69) is 57.7 Å². The average Bonchev–Trinajstić information content (AvgIpc) is 3.45. The maximum atomic E-state index is 11.0. The van der Waals surface area contributed by atoms with Crippen LogP contribution in [0, 0.1) is 24.2 Å². The molecule has 1 unspecified atom stereocenters. The highest BCUT2D eigenvalue weighted by Gasteiger charge is 2.47. The molecule has 0 aliphatic heterocycles. The molecule has 1 aliphatic rings. The molecule has 1 fully saturated rings. The second kappa shape index (κ2) is 8.05. The van der Waals surface area contributed by atoms with Gasteiger partial charge >= 0.3 is 0 Å². The van der Waals surface area contributed by atoms with E-state index < -0.39 is 11.9 Å². The van der Waals surface area contributed by atoms with Crippen molar-refractivity contribution < 1.29 is 14.6 Å². The van der Waals surface area contributed by atoms with Crippen molar-refractivity contribution in [3.8, 4) is 11.8 Å². The lowest BCUT2D eigenvalue weighted by molar-refractivity contribution is -0.307. The first kappa shape index (κ1) is 21.1. The zero-order chi connectivity index (χ0) is 21.2. The maximum Gasteiger partial charge on any atom is 0.0936 e. The monoisotopic (exact) mass is 389 g/mol. The van der Waals surface area contributed by atoms with E-state index in [1.807, 2.05) is 12.1 Å². The summed E-state index contributed by atoms with van der Waals surface area (Å²) in [6.07, 6.45) is 2.15. The Morgan fingerprint density at radius 1 is 1.10 bits per heavy atom. The number of carbonyl (C=O) groups is 1. The Kier molecular flexibility index (Phi) is 5.87. The lowest BCUT2D eigenvalue weighted by Crippen LogP contribution is -2.27. The number of rotatable bonds is 5. The number of aryl methyl sites for hydroxylation is 1. The molecule has 3 nitrogen and oxygen atoms in total. The van der Waals surface area contributed by atoms with Crippen LogP contribution in [0.2, 0.25) is 0 Å². The van der Waals surface area contributed by atoms with Crippen molar-refractivity contribution in [2.45, 2.75) is 59.0 Å². The highest BCUT2D eigenvalue weighted by molar-refractivity contribution is 5.73. The summed E-state index contributed by atoms with van der Waals surface area (Å²) in [5, 5.41) is 11.0. The molecule has 0 amide bonds. The Morgan fingerprint density at radius 2 is 1.69 bits per heavy atom. The molecule has 0 spiro atoms. The average molecular weight is 390 g/mol. The lowest BCUT2D eigenvalue weighted by atomic mass is 9.96. The maximum absolute atomic E-state index is 11.0. The van der Waals surface area contributed by atoms with E-state index in [0.717, 1.165) is 36.1 Å². The first-order valence-corrected chi connectivity index (χ1v) is 10.2. The largest absolute Gasteiger partial charge is 0.550 e. The van der Waals surface area contributed by atoms with E-state index in [1.165, 1.54) is 11.1 Å². The van der Waals surface area contributed by atoms with Crippen LogP contribution in [0.15, 0.2) is 42.5 Å². The fourth-order valence-corrected chi connectivity index (χ4v) is 3.35. The molecule has 0 aromatic heterocycles. The zero-order valence-electron chi connectivity index (χ0n) is 18.0. The van der Waals surface area contributed by atoms with Gasteiger partial charge in [-0.2, -0.15) is 0 Å². The fourth-order valence-electron chi connectivity index (χ4n) is 3.35. The van der Waals surface area contributed by atoms with Gasteiger partial charge in [0.1, 0.15) is 0 Å². The van der Waals surface area contributed by atoms with Crippen molar-refractivity contribution in [2.75, 3.05) is 6.61 Å². The van der Waals surface area contributed by atoms with E-state index in [4.69, 9.17) is 4.74 Å². The third-order valence-corrected chi connectivity index (χ3v) is 5.32. The number of carboxylic acid groups (broad SMARTS) is 1. The summed E-state index contributed by atoms with van der Waals surface area (Å²) in [6, 6.07) is 13.6. The van der Waals surface area contributed by atoms with Gasteiger partial charge in [0.25, 0.3) is 0 Å². The predicted octanol–water partition coefficient (Wildman–Crippen LogP) is 4.30. The summed E-state index contributed by atoms with van der Waals surface area (Å²) >= 11 is 0. The molecule has 0 saturated heterocycles. The standard InChI is InChI=1S/C26H30O3/c1-18-16-21(7-6-20-8-11-22(12-9-20)19(2)24(27)28)10-13-23(18)26(14-15-26)29-17-25(3,4)5/h8-13,16,19H,14-15,17H2,1-5H3,(H,27,28)/p-1. The normalized spacial score (nSPS) is 15.9. The smallest absolute Gasteiger partial charge is 0.0936 e. The Balaban J connectivity index is 1.73. The van der Waals surface area contributed by atoms with Gasteiger partial charge in [0.15, 0.2) is 0 Å². The molecule has 3 rings (SSSR count). The van der Waals surface area contributed by atoms with Gasteiger partial charge in [0.2, 0.25) is 0 Å². The van der Waals surface area contributed by atoms with Crippen molar-refractivity contribution in [3.05, 3.63) is 70.3 Å². The summed E-state index contributed by atoms with van der Waals surface area (Å²) in [5.41, 5.74) is 5.06. The van der Waals surface area contributed by atoms with Gasteiger partial charge in [-0.15, -0.1) is 0 Å². The minimum absolute atomic E-state index is 0.116. The second-order valence-corrected chi connectivity index (χ2v) is 9.29. The molecule has 3 heteroatoms. The molecule has 29 heavy (non-hydrogen) atoms. The highest BCUT2D eigenvalue weighted by atomic mass is 16.5. The molecular weight excluding hydrogens is 360 g/mol. The molecule has 0 radical (unpaired) electrons. The predicted molar refractivity (Wildman–Crippen MR) is 113 cm³/mol.